The number of imidazole rings is 1. The molecule has 1 fully saturated rings. The van der Waals surface area contributed by atoms with Crippen molar-refractivity contribution in [1.29, 1.82) is 0 Å². The molecule has 1 aromatic rings. The molecule has 0 amide bonds. The predicted molar refractivity (Wildman–Crippen MR) is 61.6 cm³/mol. The van der Waals surface area contributed by atoms with Crippen molar-refractivity contribution >= 4 is 21.9 Å². The fourth-order valence-corrected chi connectivity index (χ4v) is 2.45. The van der Waals surface area contributed by atoms with Gasteiger partial charge in [-0.3, -0.25) is 0 Å². The Kier molecular flexibility index (Phi) is 3.11. The SMILES string of the molecule is Cn1cc(Br)nc1N1CCCCCC1. The minimum absolute atomic E-state index is 0.930. The molecule has 0 spiro atoms. The number of rotatable bonds is 1. The first-order chi connectivity index (χ1) is 6.77. The Morgan fingerprint density at radius 3 is 2.36 bits per heavy atom. The summed E-state index contributed by atoms with van der Waals surface area (Å²) in [5.74, 6) is 1.10. The minimum Gasteiger partial charge on any atom is -0.342 e. The van der Waals surface area contributed by atoms with Crippen molar-refractivity contribution in [2.24, 2.45) is 7.05 Å². The number of nitrogens with zero attached hydrogens (tertiary/aromatic N) is 3. The maximum Gasteiger partial charge on any atom is 0.206 e. The molecule has 0 saturated carbocycles. The highest BCUT2D eigenvalue weighted by Gasteiger charge is 2.14. The molecular weight excluding hydrogens is 242 g/mol. The molecule has 0 radical (unpaired) electrons. The zero-order chi connectivity index (χ0) is 9.97. The molecule has 4 heteroatoms. The van der Waals surface area contributed by atoms with E-state index in [-0.39, 0.29) is 0 Å². The van der Waals surface area contributed by atoms with Crippen LogP contribution in [0.1, 0.15) is 25.7 Å². The van der Waals surface area contributed by atoms with E-state index < -0.39 is 0 Å². The summed E-state index contributed by atoms with van der Waals surface area (Å²) in [5, 5.41) is 0. The molecule has 2 heterocycles. The highest BCUT2D eigenvalue weighted by atomic mass is 79.9. The fraction of sp³-hybridized carbons (Fsp3) is 0.700. The van der Waals surface area contributed by atoms with Gasteiger partial charge >= 0.3 is 0 Å². The van der Waals surface area contributed by atoms with E-state index in [1.54, 1.807) is 0 Å². The number of aryl methyl sites for hydroxylation is 1. The van der Waals surface area contributed by atoms with E-state index in [0.29, 0.717) is 0 Å². The van der Waals surface area contributed by atoms with Crippen molar-refractivity contribution in [2.45, 2.75) is 25.7 Å². The third-order valence-corrected chi connectivity index (χ3v) is 3.09. The second-order valence-electron chi connectivity index (χ2n) is 3.88. The summed E-state index contributed by atoms with van der Waals surface area (Å²) in [7, 11) is 2.05. The van der Waals surface area contributed by atoms with Gasteiger partial charge in [0, 0.05) is 26.3 Å². The lowest BCUT2D eigenvalue weighted by molar-refractivity contribution is 0.726. The van der Waals surface area contributed by atoms with Gasteiger partial charge in [0.1, 0.15) is 4.60 Å². The van der Waals surface area contributed by atoms with Crippen LogP contribution in [0.3, 0.4) is 0 Å². The van der Waals surface area contributed by atoms with Crippen LogP contribution in [-0.2, 0) is 7.05 Å². The van der Waals surface area contributed by atoms with Crippen molar-refractivity contribution < 1.29 is 0 Å². The normalized spacial score (nSPS) is 18.3. The van der Waals surface area contributed by atoms with Crippen LogP contribution in [0.5, 0.6) is 0 Å². The first-order valence-electron chi connectivity index (χ1n) is 5.21. The van der Waals surface area contributed by atoms with Crippen molar-refractivity contribution in [2.75, 3.05) is 18.0 Å². The molecule has 78 valence electrons. The van der Waals surface area contributed by atoms with Crippen LogP contribution in [0.25, 0.3) is 0 Å². The first kappa shape index (κ1) is 10.0. The average molecular weight is 258 g/mol. The Balaban J connectivity index is 2.15. The number of hydrogen-bond donors (Lipinski definition) is 0. The zero-order valence-electron chi connectivity index (χ0n) is 8.54. The Labute approximate surface area is 93.2 Å². The van der Waals surface area contributed by atoms with E-state index in [0.717, 1.165) is 23.6 Å². The van der Waals surface area contributed by atoms with Gasteiger partial charge in [-0.05, 0) is 28.8 Å². The summed E-state index contributed by atoms with van der Waals surface area (Å²) in [6, 6.07) is 0. The van der Waals surface area contributed by atoms with Gasteiger partial charge in [-0.2, -0.15) is 0 Å². The van der Waals surface area contributed by atoms with E-state index in [2.05, 4.69) is 37.4 Å². The van der Waals surface area contributed by atoms with E-state index >= 15 is 0 Å². The molecule has 2 rings (SSSR count). The Morgan fingerprint density at radius 2 is 1.86 bits per heavy atom. The lowest BCUT2D eigenvalue weighted by Gasteiger charge is -2.20. The molecule has 1 aliphatic heterocycles. The number of halogens is 1. The summed E-state index contributed by atoms with van der Waals surface area (Å²) < 4.78 is 3.02. The quantitative estimate of drug-likeness (QED) is 0.771. The Bertz CT molecular complexity index is 300. The minimum atomic E-state index is 0.930. The van der Waals surface area contributed by atoms with Gasteiger partial charge in [0.2, 0.25) is 5.95 Å². The van der Waals surface area contributed by atoms with E-state index in [1.165, 1.54) is 25.7 Å². The Morgan fingerprint density at radius 1 is 1.21 bits per heavy atom. The second-order valence-corrected chi connectivity index (χ2v) is 4.69. The van der Waals surface area contributed by atoms with Gasteiger partial charge in [-0.1, -0.05) is 12.8 Å². The largest absolute Gasteiger partial charge is 0.342 e. The highest BCUT2D eigenvalue weighted by Crippen LogP contribution is 2.20. The van der Waals surface area contributed by atoms with Crippen LogP contribution >= 0.6 is 15.9 Å². The summed E-state index contributed by atoms with van der Waals surface area (Å²) in [4.78, 5) is 6.87. The molecule has 0 N–H and O–H groups in total. The number of aromatic nitrogens is 2. The van der Waals surface area contributed by atoms with Gasteiger partial charge in [0.05, 0.1) is 0 Å². The van der Waals surface area contributed by atoms with E-state index in [9.17, 15) is 0 Å². The van der Waals surface area contributed by atoms with E-state index in [4.69, 9.17) is 0 Å². The molecule has 1 saturated heterocycles. The molecule has 0 bridgehead atoms. The van der Waals surface area contributed by atoms with Crippen molar-refractivity contribution in [3.05, 3.63) is 10.8 Å². The summed E-state index contributed by atoms with van der Waals surface area (Å²) in [6.07, 6.45) is 7.33. The number of anilines is 1. The summed E-state index contributed by atoms with van der Waals surface area (Å²) in [6.45, 7) is 2.30. The molecule has 0 aromatic carbocycles. The number of hydrogen-bond acceptors (Lipinski definition) is 2. The lowest BCUT2D eigenvalue weighted by Crippen LogP contribution is -2.26. The lowest BCUT2D eigenvalue weighted by atomic mass is 10.2. The standard InChI is InChI=1S/C10H16BrN3/c1-13-8-9(11)12-10(13)14-6-4-2-3-5-7-14/h8H,2-7H2,1H3. The van der Waals surface area contributed by atoms with Crippen LogP contribution in [0.15, 0.2) is 10.8 Å². The molecular formula is C10H16BrN3. The molecule has 1 aromatic heterocycles. The molecule has 3 nitrogen and oxygen atoms in total. The predicted octanol–water partition coefficient (Wildman–Crippen LogP) is 2.56. The fourth-order valence-electron chi connectivity index (χ4n) is 1.99. The van der Waals surface area contributed by atoms with Gasteiger partial charge in [0.15, 0.2) is 0 Å². The first-order valence-corrected chi connectivity index (χ1v) is 6.00. The molecule has 0 aliphatic carbocycles. The maximum atomic E-state index is 4.48. The molecule has 1 aliphatic rings. The van der Waals surface area contributed by atoms with Gasteiger partial charge < -0.3 is 9.47 Å². The van der Waals surface area contributed by atoms with Crippen LogP contribution in [0.4, 0.5) is 5.95 Å². The third kappa shape index (κ3) is 2.11. The molecule has 14 heavy (non-hydrogen) atoms. The van der Waals surface area contributed by atoms with E-state index in [1.807, 2.05) is 6.20 Å². The van der Waals surface area contributed by atoms with Crippen molar-refractivity contribution in [3.63, 3.8) is 0 Å². The zero-order valence-corrected chi connectivity index (χ0v) is 10.1. The second kappa shape index (κ2) is 4.34. The average Bonchev–Trinajstić information content (AvgIpc) is 2.43. The van der Waals surface area contributed by atoms with Crippen molar-refractivity contribution in [3.8, 4) is 0 Å². The third-order valence-electron chi connectivity index (χ3n) is 2.71. The summed E-state index contributed by atoms with van der Waals surface area (Å²) >= 11 is 3.41. The van der Waals surface area contributed by atoms with Crippen LogP contribution in [-0.4, -0.2) is 22.6 Å². The van der Waals surface area contributed by atoms with Gasteiger partial charge in [-0.15, -0.1) is 0 Å². The van der Waals surface area contributed by atoms with Gasteiger partial charge in [-0.25, -0.2) is 4.98 Å². The van der Waals surface area contributed by atoms with Crippen LogP contribution < -0.4 is 4.90 Å². The molecule has 0 unspecified atom stereocenters. The summed E-state index contributed by atoms with van der Waals surface area (Å²) in [5.41, 5.74) is 0. The molecule has 0 atom stereocenters. The van der Waals surface area contributed by atoms with Gasteiger partial charge in [0.25, 0.3) is 0 Å². The maximum absolute atomic E-state index is 4.48. The topological polar surface area (TPSA) is 21.1 Å². The smallest absolute Gasteiger partial charge is 0.206 e. The monoisotopic (exact) mass is 257 g/mol. The van der Waals surface area contributed by atoms with Crippen molar-refractivity contribution in [1.82, 2.24) is 9.55 Å². The van der Waals surface area contributed by atoms with Crippen LogP contribution in [0.2, 0.25) is 0 Å². The van der Waals surface area contributed by atoms with Crippen LogP contribution in [0, 0.1) is 0 Å². The Hall–Kier alpha value is -0.510. The highest BCUT2D eigenvalue weighted by molar-refractivity contribution is 9.10.